The van der Waals surface area contributed by atoms with E-state index in [-0.39, 0.29) is 5.82 Å². The number of hydrogen-bond donors (Lipinski definition) is 0. The van der Waals surface area contributed by atoms with Gasteiger partial charge in [-0.25, -0.2) is 4.39 Å². The van der Waals surface area contributed by atoms with E-state index < -0.39 is 0 Å². The molecule has 0 unspecified atom stereocenters. The lowest BCUT2D eigenvalue weighted by molar-refractivity contribution is 0.618. The van der Waals surface area contributed by atoms with Crippen molar-refractivity contribution in [2.75, 3.05) is 0 Å². The summed E-state index contributed by atoms with van der Waals surface area (Å²) in [4.78, 5) is 0. The number of nitriles is 1. The van der Waals surface area contributed by atoms with Crippen LogP contribution in [0.2, 0.25) is 0 Å². The van der Waals surface area contributed by atoms with Crippen molar-refractivity contribution in [2.45, 2.75) is 13.5 Å². The third kappa shape index (κ3) is 2.09. The van der Waals surface area contributed by atoms with E-state index in [4.69, 9.17) is 5.26 Å². The summed E-state index contributed by atoms with van der Waals surface area (Å²) in [6, 6.07) is 6.19. The molecule has 0 amide bonds. The topological polar surface area (TPSA) is 41.6 Å². The van der Waals surface area contributed by atoms with E-state index >= 15 is 0 Å². The Kier molecular flexibility index (Phi) is 2.69. The SMILES string of the molecule is Cc1cnn(Cc2cc(F)ccc2C#N)c1. The molecule has 0 aliphatic heterocycles. The smallest absolute Gasteiger partial charge is 0.123 e. The molecule has 0 aliphatic rings. The minimum absolute atomic E-state index is 0.335. The van der Waals surface area contributed by atoms with Crippen LogP contribution in [0.5, 0.6) is 0 Å². The Hall–Kier alpha value is -2.15. The number of nitrogens with zero attached hydrogens (tertiary/aromatic N) is 3. The Bertz CT molecular complexity index is 552. The molecule has 80 valence electrons. The van der Waals surface area contributed by atoms with Gasteiger partial charge in [-0.05, 0) is 36.2 Å². The minimum atomic E-state index is -0.335. The molecule has 0 spiro atoms. The summed E-state index contributed by atoms with van der Waals surface area (Å²) in [5, 5.41) is 13.0. The lowest BCUT2D eigenvalue weighted by Crippen LogP contribution is -2.02. The van der Waals surface area contributed by atoms with Gasteiger partial charge in [0, 0.05) is 6.20 Å². The summed E-state index contributed by atoms with van der Waals surface area (Å²) in [7, 11) is 0. The number of benzene rings is 1. The van der Waals surface area contributed by atoms with Gasteiger partial charge in [-0.1, -0.05) is 0 Å². The predicted octanol–water partition coefficient (Wildman–Crippen LogP) is 2.25. The van der Waals surface area contributed by atoms with Crippen LogP contribution in [0.3, 0.4) is 0 Å². The van der Waals surface area contributed by atoms with Crippen LogP contribution in [0.15, 0.2) is 30.6 Å². The molecule has 2 aromatic rings. The molecule has 1 aromatic carbocycles. The average molecular weight is 215 g/mol. The van der Waals surface area contributed by atoms with Gasteiger partial charge >= 0.3 is 0 Å². The quantitative estimate of drug-likeness (QED) is 0.771. The third-order valence-corrected chi connectivity index (χ3v) is 2.28. The number of hydrogen-bond acceptors (Lipinski definition) is 2. The van der Waals surface area contributed by atoms with E-state index in [0.717, 1.165) is 5.56 Å². The van der Waals surface area contributed by atoms with Crippen molar-refractivity contribution in [3.05, 3.63) is 53.1 Å². The van der Waals surface area contributed by atoms with Crippen molar-refractivity contribution in [1.29, 1.82) is 5.26 Å². The molecule has 4 heteroatoms. The second-order valence-electron chi connectivity index (χ2n) is 3.63. The summed E-state index contributed by atoms with van der Waals surface area (Å²) in [6.45, 7) is 2.34. The van der Waals surface area contributed by atoms with Crippen LogP contribution >= 0.6 is 0 Å². The lowest BCUT2D eigenvalue weighted by Gasteiger charge is -2.04. The molecule has 1 heterocycles. The summed E-state index contributed by atoms with van der Waals surface area (Å²) in [5.41, 5.74) is 2.16. The normalized spacial score (nSPS) is 10.1. The Morgan fingerprint density at radius 2 is 2.31 bits per heavy atom. The van der Waals surface area contributed by atoms with Crippen LogP contribution in [0, 0.1) is 24.1 Å². The first-order valence-corrected chi connectivity index (χ1v) is 4.86. The molecule has 0 saturated carbocycles. The minimum Gasteiger partial charge on any atom is -0.268 e. The van der Waals surface area contributed by atoms with Gasteiger partial charge in [-0.2, -0.15) is 10.4 Å². The maximum Gasteiger partial charge on any atom is 0.123 e. The molecule has 0 bridgehead atoms. The van der Waals surface area contributed by atoms with Gasteiger partial charge in [0.1, 0.15) is 5.82 Å². The maximum atomic E-state index is 13.1. The Balaban J connectivity index is 2.34. The van der Waals surface area contributed by atoms with E-state index in [1.54, 1.807) is 10.9 Å². The first-order valence-electron chi connectivity index (χ1n) is 4.86. The van der Waals surface area contributed by atoms with Crippen LogP contribution < -0.4 is 0 Å². The monoisotopic (exact) mass is 215 g/mol. The van der Waals surface area contributed by atoms with E-state index in [2.05, 4.69) is 5.10 Å². The number of halogens is 1. The first kappa shape index (κ1) is 10.4. The number of rotatable bonds is 2. The van der Waals surface area contributed by atoms with Gasteiger partial charge in [0.05, 0.1) is 24.4 Å². The van der Waals surface area contributed by atoms with Gasteiger partial charge < -0.3 is 0 Å². The van der Waals surface area contributed by atoms with Gasteiger partial charge in [-0.3, -0.25) is 4.68 Å². The average Bonchev–Trinajstić information content (AvgIpc) is 2.64. The molecule has 0 aliphatic carbocycles. The zero-order valence-electron chi connectivity index (χ0n) is 8.81. The second-order valence-corrected chi connectivity index (χ2v) is 3.63. The van der Waals surface area contributed by atoms with Crippen LogP contribution in [0.25, 0.3) is 0 Å². The second kappa shape index (κ2) is 4.15. The zero-order chi connectivity index (χ0) is 11.5. The van der Waals surface area contributed by atoms with E-state index in [1.165, 1.54) is 18.2 Å². The highest BCUT2D eigenvalue weighted by atomic mass is 19.1. The summed E-state index contributed by atoms with van der Waals surface area (Å²) in [5.74, 6) is -0.335. The highest BCUT2D eigenvalue weighted by molar-refractivity contribution is 5.37. The fourth-order valence-electron chi connectivity index (χ4n) is 1.53. The van der Waals surface area contributed by atoms with Crippen molar-refractivity contribution in [3.63, 3.8) is 0 Å². The van der Waals surface area contributed by atoms with Crippen molar-refractivity contribution in [2.24, 2.45) is 0 Å². The summed E-state index contributed by atoms with van der Waals surface area (Å²) < 4.78 is 14.7. The highest BCUT2D eigenvalue weighted by Crippen LogP contribution is 2.12. The van der Waals surface area contributed by atoms with E-state index in [0.29, 0.717) is 17.7 Å². The molecule has 16 heavy (non-hydrogen) atoms. The molecule has 0 radical (unpaired) electrons. The molecular formula is C12H10FN3. The molecule has 0 fully saturated rings. The predicted molar refractivity (Wildman–Crippen MR) is 57.2 cm³/mol. The highest BCUT2D eigenvalue weighted by Gasteiger charge is 2.05. The van der Waals surface area contributed by atoms with Crippen molar-refractivity contribution >= 4 is 0 Å². The summed E-state index contributed by atoms with van der Waals surface area (Å²) in [6.07, 6.45) is 3.58. The Morgan fingerprint density at radius 3 is 2.94 bits per heavy atom. The van der Waals surface area contributed by atoms with Crippen LogP contribution in [-0.2, 0) is 6.54 Å². The molecule has 0 saturated heterocycles. The number of aryl methyl sites for hydroxylation is 1. The fourth-order valence-corrected chi connectivity index (χ4v) is 1.53. The maximum absolute atomic E-state index is 13.1. The van der Waals surface area contributed by atoms with Gasteiger partial charge in [0.15, 0.2) is 0 Å². The van der Waals surface area contributed by atoms with Gasteiger partial charge in [0.25, 0.3) is 0 Å². The molecule has 3 nitrogen and oxygen atoms in total. The van der Waals surface area contributed by atoms with Crippen LogP contribution in [0.4, 0.5) is 4.39 Å². The zero-order valence-corrected chi connectivity index (χ0v) is 8.81. The van der Waals surface area contributed by atoms with E-state index in [9.17, 15) is 4.39 Å². The molecule has 0 N–H and O–H groups in total. The third-order valence-electron chi connectivity index (χ3n) is 2.28. The van der Waals surface area contributed by atoms with Crippen molar-refractivity contribution in [1.82, 2.24) is 9.78 Å². The van der Waals surface area contributed by atoms with Gasteiger partial charge in [-0.15, -0.1) is 0 Å². The van der Waals surface area contributed by atoms with Crippen LogP contribution in [-0.4, -0.2) is 9.78 Å². The largest absolute Gasteiger partial charge is 0.268 e. The van der Waals surface area contributed by atoms with Gasteiger partial charge in [0.2, 0.25) is 0 Å². The Morgan fingerprint density at radius 1 is 1.50 bits per heavy atom. The lowest BCUT2D eigenvalue weighted by atomic mass is 10.1. The van der Waals surface area contributed by atoms with Crippen LogP contribution in [0.1, 0.15) is 16.7 Å². The number of aromatic nitrogens is 2. The van der Waals surface area contributed by atoms with Crippen molar-refractivity contribution in [3.8, 4) is 6.07 Å². The first-order chi connectivity index (χ1) is 7.69. The fraction of sp³-hybridized carbons (Fsp3) is 0.167. The molecular weight excluding hydrogens is 205 g/mol. The standard InChI is InChI=1S/C12H10FN3/c1-9-6-15-16(7-9)8-11-4-12(13)3-2-10(11)5-14/h2-4,6-7H,8H2,1H3. The molecule has 0 atom stereocenters. The van der Waals surface area contributed by atoms with E-state index in [1.807, 2.05) is 19.2 Å². The van der Waals surface area contributed by atoms with Crippen molar-refractivity contribution < 1.29 is 4.39 Å². The molecule has 2 rings (SSSR count). The summed E-state index contributed by atoms with van der Waals surface area (Å²) >= 11 is 0. The Labute approximate surface area is 92.7 Å². The molecule has 1 aromatic heterocycles.